The average molecular weight is 747 g/mol. The van der Waals surface area contributed by atoms with Gasteiger partial charge in [-0.3, -0.25) is 0 Å². The molecule has 4 nitrogen and oxygen atoms in total. The lowest BCUT2D eigenvalue weighted by atomic mass is 9.79. The second kappa shape index (κ2) is 12.2. The van der Waals surface area contributed by atoms with Gasteiger partial charge in [0.1, 0.15) is 23.0 Å². The normalized spacial score (nSPS) is 21.5. The van der Waals surface area contributed by atoms with Gasteiger partial charge in [-0.2, -0.15) is 0 Å². The van der Waals surface area contributed by atoms with Crippen molar-refractivity contribution in [2.24, 2.45) is 0 Å². The number of fused-ring (bicyclic) bond motifs is 12. The highest BCUT2D eigenvalue weighted by atomic mass is 16.5. The van der Waals surface area contributed by atoms with Gasteiger partial charge in [0, 0.05) is 67.6 Å². The minimum Gasteiger partial charge on any atom is -0.485 e. The molecule has 13 rings (SSSR count). The third-order valence-electron chi connectivity index (χ3n) is 13.2. The van der Waals surface area contributed by atoms with Crippen LogP contribution in [0.25, 0.3) is 49.4 Å². The highest BCUT2D eigenvalue weighted by Gasteiger charge is 2.39. The summed E-state index contributed by atoms with van der Waals surface area (Å²) in [4.78, 5) is 2.49. The zero-order valence-electron chi connectivity index (χ0n) is 31.8. The highest BCUT2D eigenvalue weighted by molar-refractivity contribution is 6.11. The van der Waals surface area contributed by atoms with Gasteiger partial charge in [-0.15, -0.1) is 0 Å². The average Bonchev–Trinajstić information content (AvgIpc) is 4.03. The molecule has 0 spiro atoms. The first kappa shape index (κ1) is 32.1. The Bertz CT molecular complexity index is 3250. The van der Waals surface area contributed by atoms with E-state index in [2.05, 4.69) is 179 Å². The van der Waals surface area contributed by atoms with E-state index in [1.54, 1.807) is 0 Å². The maximum Gasteiger partial charge on any atom is 0.135 e. The fourth-order valence-corrected chi connectivity index (χ4v) is 10.5. The van der Waals surface area contributed by atoms with Crippen LogP contribution in [0.5, 0.6) is 5.75 Å². The summed E-state index contributed by atoms with van der Waals surface area (Å²) >= 11 is 0. The van der Waals surface area contributed by atoms with Crippen LogP contribution in [0.2, 0.25) is 0 Å². The minimum atomic E-state index is 0.0854. The molecule has 0 bridgehead atoms. The first-order valence-electron chi connectivity index (χ1n) is 20.5. The Balaban J connectivity index is 0.831. The van der Waals surface area contributed by atoms with E-state index in [-0.39, 0.29) is 12.0 Å². The zero-order valence-corrected chi connectivity index (χ0v) is 31.8. The van der Waals surface area contributed by atoms with Crippen LogP contribution < -0.4 is 9.64 Å². The number of rotatable bonds is 4. The van der Waals surface area contributed by atoms with E-state index in [0.717, 1.165) is 46.2 Å². The summed E-state index contributed by atoms with van der Waals surface area (Å²) in [7, 11) is 0. The number of para-hydroxylation sites is 3. The summed E-state index contributed by atoms with van der Waals surface area (Å²) in [6, 6.07) is 46.6. The molecule has 0 saturated carbocycles. The minimum absolute atomic E-state index is 0.0854. The Morgan fingerprint density at radius 3 is 2.33 bits per heavy atom. The highest BCUT2D eigenvalue weighted by Crippen LogP contribution is 2.54. The summed E-state index contributed by atoms with van der Waals surface area (Å²) in [5.74, 6) is 1.85. The van der Waals surface area contributed by atoms with Crippen molar-refractivity contribution < 1.29 is 9.15 Å². The van der Waals surface area contributed by atoms with Gasteiger partial charge < -0.3 is 18.6 Å². The van der Waals surface area contributed by atoms with Crippen molar-refractivity contribution in [3.8, 4) is 11.4 Å². The van der Waals surface area contributed by atoms with E-state index in [9.17, 15) is 0 Å². The van der Waals surface area contributed by atoms with Gasteiger partial charge in [0.25, 0.3) is 0 Å². The fourth-order valence-electron chi connectivity index (χ4n) is 10.5. The zero-order chi connectivity index (χ0) is 37.9. The van der Waals surface area contributed by atoms with Gasteiger partial charge in [-0.05, 0) is 114 Å². The number of nitrogens with zero attached hydrogens (tertiary/aromatic N) is 2. The van der Waals surface area contributed by atoms with Crippen LogP contribution in [0.1, 0.15) is 47.3 Å². The molecular weight excluding hydrogens is 709 g/mol. The quantitative estimate of drug-likeness (QED) is 0.180. The predicted molar refractivity (Wildman–Crippen MR) is 237 cm³/mol. The molecule has 0 radical (unpaired) electrons. The number of furan rings is 1. The molecule has 2 aliphatic heterocycles. The van der Waals surface area contributed by atoms with E-state index >= 15 is 0 Å². The Labute approximate surface area is 336 Å². The van der Waals surface area contributed by atoms with Crippen LogP contribution in [0.3, 0.4) is 0 Å². The Hall–Kier alpha value is -7.04. The summed E-state index contributed by atoms with van der Waals surface area (Å²) in [6.07, 6.45) is 22.5. The number of ether oxygens (including phenoxy) is 1. The van der Waals surface area contributed by atoms with Crippen molar-refractivity contribution in [2.45, 2.75) is 36.7 Å². The largest absolute Gasteiger partial charge is 0.485 e. The van der Waals surface area contributed by atoms with Gasteiger partial charge in [0.2, 0.25) is 0 Å². The fraction of sp³-hybridized carbons (Fsp3) is 0.111. The molecule has 276 valence electrons. The van der Waals surface area contributed by atoms with Crippen LogP contribution in [-0.4, -0.2) is 10.7 Å². The van der Waals surface area contributed by atoms with E-state index in [1.807, 2.05) is 12.1 Å². The lowest BCUT2D eigenvalue weighted by Crippen LogP contribution is -2.17. The maximum atomic E-state index is 6.31. The molecule has 58 heavy (non-hydrogen) atoms. The van der Waals surface area contributed by atoms with Crippen LogP contribution in [0.15, 0.2) is 203 Å². The van der Waals surface area contributed by atoms with Crippen LogP contribution in [-0.2, 0) is 0 Å². The van der Waals surface area contributed by atoms with E-state index in [0.29, 0.717) is 11.8 Å². The van der Waals surface area contributed by atoms with Gasteiger partial charge in [-0.25, -0.2) is 0 Å². The Morgan fingerprint density at radius 1 is 0.534 bits per heavy atom. The van der Waals surface area contributed by atoms with Gasteiger partial charge in [0.05, 0.1) is 11.0 Å². The van der Waals surface area contributed by atoms with Crippen molar-refractivity contribution in [1.82, 2.24) is 4.57 Å². The molecule has 5 aliphatic rings. The monoisotopic (exact) mass is 746 g/mol. The Kier molecular flexibility index (Phi) is 6.77. The molecule has 4 atom stereocenters. The van der Waals surface area contributed by atoms with Crippen molar-refractivity contribution >= 4 is 55.1 Å². The molecule has 4 heterocycles. The molecular formula is C54H38N2O2. The molecule has 6 aromatic carbocycles. The number of benzene rings is 6. The van der Waals surface area contributed by atoms with Crippen LogP contribution in [0.4, 0.5) is 11.4 Å². The van der Waals surface area contributed by atoms with Crippen LogP contribution >= 0.6 is 0 Å². The second-order valence-corrected chi connectivity index (χ2v) is 16.3. The standard InChI is InChI=1S/C54H38N2O2/c1-5-16-47-39(12-1)43-29-35(20-24-49(43)55(47)37-22-26-53-45(31-37)41-14-3-7-18-51(41)57-53)33-10-9-11-34(28-33)36-21-25-50-44(30-36)40-13-2-6-17-48(40)56(50)38-23-27-54-46(32-38)42-15-4-8-19-52(42)58-54/h1-27,29,31-33,42,44,52H,28,30H2. The maximum absolute atomic E-state index is 6.31. The topological polar surface area (TPSA) is 30.5 Å². The molecule has 0 amide bonds. The van der Waals surface area contributed by atoms with Crippen molar-refractivity contribution in [1.29, 1.82) is 0 Å². The number of aromatic nitrogens is 1. The first-order valence-corrected chi connectivity index (χ1v) is 20.5. The molecule has 8 aromatic rings. The number of anilines is 2. The summed E-state index contributed by atoms with van der Waals surface area (Å²) in [5, 5.41) is 4.84. The van der Waals surface area contributed by atoms with Crippen molar-refractivity contribution in [3.05, 3.63) is 216 Å². The van der Waals surface area contributed by atoms with E-state index in [1.165, 1.54) is 66.7 Å². The Morgan fingerprint density at radius 2 is 1.34 bits per heavy atom. The van der Waals surface area contributed by atoms with Gasteiger partial charge in [-0.1, -0.05) is 103 Å². The molecule has 3 aliphatic carbocycles. The molecule has 2 aromatic heterocycles. The lowest BCUT2D eigenvalue weighted by molar-refractivity contribution is 0.269. The van der Waals surface area contributed by atoms with E-state index < -0.39 is 0 Å². The predicted octanol–water partition coefficient (Wildman–Crippen LogP) is 13.8. The number of hydrogen-bond acceptors (Lipinski definition) is 3. The third-order valence-corrected chi connectivity index (χ3v) is 13.2. The molecule has 0 N–H and O–H groups in total. The SMILES string of the molecule is C1=CC(c2ccc3c(c2)c2ccccc2n3-c2ccc3oc4ccccc4c3c2)CC(C2=CC=C3C(C2)c2ccccc2N3c2ccc3c(c2)C2C=CC=CC2O3)=C1. The van der Waals surface area contributed by atoms with Crippen LogP contribution in [0, 0.1) is 0 Å². The van der Waals surface area contributed by atoms with E-state index in [4.69, 9.17) is 9.15 Å². The third kappa shape index (κ3) is 4.69. The molecule has 4 unspecified atom stereocenters. The van der Waals surface area contributed by atoms with Crippen molar-refractivity contribution in [2.75, 3.05) is 4.90 Å². The number of hydrogen-bond donors (Lipinski definition) is 0. The number of allylic oxidation sites excluding steroid dienone is 10. The summed E-state index contributed by atoms with van der Waals surface area (Å²) < 4.78 is 14.9. The lowest BCUT2D eigenvalue weighted by Gasteiger charge is -2.28. The molecule has 0 saturated heterocycles. The molecule has 0 fully saturated rings. The smallest absolute Gasteiger partial charge is 0.135 e. The second-order valence-electron chi connectivity index (χ2n) is 16.3. The van der Waals surface area contributed by atoms with Gasteiger partial charge in [0.15, 0.2) is 0 Å². The van der Waals surface area contributed by atoms with Gasteiger partial charge >= 0.3 is 0 Å². The van der Waals surface area contributed by atoms with Crippen molar-refractivity contribution in [3.63, 3.8) is 0 Å². The first-order chi connectivity index (χ1) is 28.7. The summed E-state index contributed by atoms with van der Waals surface area (Å²) in [5.41, 5.74) is 16.1. The molecule has 4 heteroatoms. The summed E-state index contributed by atoms with van der Waals surface area (Å²) in [6.45, 7) is 0.